The average Bonchev–Trinajstić information content (AvgIpc) is 2.30. The van der Waals surface area contributed by atoms with Crippen LogP contribution in [0.15, 0.2) is 12.5 Å². The highest BCUT2D eigenvalue weighted by molar-refractivity contribution is 14.1. The van der Waals surface area contributed by atoms with Crippen molar-refractivity contribution in [3.63, 3.8) is 0 Å². The zero-order valence-corrected chi connectivity index (χ0v) is 7.43. The van der Waals surface area contributed by atoms with Gasteiger partial charge < -0.3 is 5.21 Å². The molecule has 0 fully saturated rings. The van der Waals surface area contributed by atoms with E-state index < -0.39 is 0 Å². The number of hydrogen-bond acceptors (Lipinski definition) is 4. The van der Waals surface area contributed by atoms with E-state index in [-0.39, 0.29) is 0 Å². The van der Waals surface area contributed by atoms with Gasteiger partial charge in [0.05, 0.1) is 5.39 Å². The van der Waals surface area contributed by atoms with Crippen LogP contribution in [0.1, 0.15) is 0 Å². The second-order valence-electron chi connectivity index (χ2n) is 1.94. The minimum Gasteiger partial charge on any atom is -0.410 e. The first-order chi connectivity index (χ1) is 5.29. The Bertz CT molecular complexity index is 362. The van der Waals surface area contributed by atoms with Gasteiger partial charge in [0.1, 0.15) is 10.0 Å². The van der Waals surface area contributed by atoms with Crippen LogP contribution in [-0.2, 0) is 0 Å². The van der Waals surface area contributed by atoms with Crippen LogP contribution in [0.5, 0.6) is 0 Å². The summed E-state index contributed by atoms with van der Waals surface area (Å²) in [5, 5.41) is 13.6. The molecule has 0 atom stereocenters. The highest BCUT2D eigenvalue weighted by Gasteiger charge is 2.06. The lowest BCUT2D eigenvalue weighted by molar-refractivity contribution is 0.158. The van der Waals surface area contributed by atoms with E-state index in [0.717, 1.165) is 10.2 Å². The molecule has 0 aliphatic rings. The lowest BCUT2D eigenvalue weighted by Gasteiger charge is -1.86. The molecule has 2 aromatic heterocycles. The van der Waals surface area contributed by atoms with Crippen molar-refractivity contribution in [2.75, 3.05) is 0 Å². The fourth-order valence-electron chi connectivity index (χ4n) is 0.812. The molecule has 0 aliphatic carbocycles. The summed E-state index contributed by atoms with van der Waals surface area (Å²) >= 11 is 2.01. The van der Waals surface area contributed by atoms with Gasteiger partial charge in [-0.25, -0.2) is 9.97 Å². The molecule has 0 spiro atoms. The molecule has 0 saturated heterocycles. The molecule has 0 bridgehead atoms. The fraction of sp³-hybridized carbons (Fsp3) is 0. The summed E-state index contributed by atoms with van der Waals surface area (Å²) in [7, 11) is 0. The van der Waals surface area contributed by atoms with Crippen molar-refractivity contribution in [2.24, 2.45) is 0 Å². The Balaban J connectivity index is 2.95. The lowest BCUT2D eigenvalue weighted by Crippen LogP contribution is -1.93. The Morgan fingerprint density at radius 3 is 3.09 bits per heavy atom. The van der Waals surface area contributed by atoms with Gasteiger partial charge in [-0.2, -0.15) is 0 Å². The molecule has 2 rings (SSSR count). The molecule has 0 aromatic carbocycles. The highest BCUT2D eigenvalue weighted by atomic mass is 127. The summed E-state index contributed by atoms with van der Waals surface area (Å²) in [5.74, 6) is 0. The number of rotatable bonds is 0. The summed E-state index contributed by atoms with van der Waals surface area (Å²) in [6.45, 7) is 0. The Labute approximate surface area is 75.2 Å². The minimum atomic E-state index is 0.435. The van der Waals surface area contributed by atoms with Crippen LogP contribution in [0.25, 0.3) is 11.0 Å². The van der Waals surface area contributed by atoms with Crippen molar-refractivity contribution < 1.29 is 5.21 Å². The first-order valence-electron chi connectivity index (χ1n) is 2.82. The van der Waals surface area contributed by atoms with Crippen LogP contribution >= 0.6 is 22.6 Å². The summed E-state index contributed by atoms with van der Waals surface area (Å²) in [6.07, 6.45) is 2.98. The predicted molar refractivity (Wildman–Crippen MR) is 45.2 cm³/mol. The lowest BCUT2D eigenvalue weighted by atomic mass is 10.5. The molecular weight excluding hydrogens is 259 g/mol. The van der Waals surface area contributed by atoms with Crippen molar-refractivity contribution in [2.45, 2.75) is 0 Å². The number of fused-ring (bicyclic) bond motifs is 1. The zero-order chi connectivity index (χ0) is 7.84. The van der Waals surface area contributed by atoms with Crippen LogP contribution in [0.2, 0.25) is 0 Å². The summed E-state index contributed by atoms with van der Waals surface area (Å²) < 4.78 is 0.695. The van der Waals surface area contributed by atoms with Crippen molar-refractivity contribution in [3.8, 4) is 0 Å². The van der Waals surface area contributed by atoms with Crippen LogP contribution in [0, 0.1) is 3.70 Å². The van der Waals surface area contributed by atoms with E-state index in [2.05, 4.69) is 15.1 Å². The Morgan fingerprint density at radius 2 is 2.36 bits per heavy atom. The SMILES string of the molecule is On1nc(I)c2cncnc21. The van der Waals surface area contributed by atoms with E-state index in [1.807, 2.05) is 22.6 Å². The molecule has 56 valence electrons. The first kappa shape index (κ1) is 6.77. The van der Waals surface area contributed by atoms with E-state index in [0.29, 0.717) is 9.35 Å². The number of hydrogen-bond donors (Lipinski definition) is 1. The molecule has 0 amide bonds. The van der Waals surface area contributed by atoms with Gasteiger partial charge in [0.15, 0.2) is 0 Å². The first-order valence-corrected chi connectivity index (χ1v) is 3.90. The standard InChI is InChI=1S/C5H3IN4O/c6-4-3-1-7-2-8-5(3)10(11)9-4/h1-2,11H. The van der Waals surface area contributed by atoms with E-state index in [9.17, 15) is 0 Å². The summed E-state index contributed by atoms with van der Waals surface area (Å²) in [6, 6.07) is 0. The van der Waals surface area contributed by atoms with Crippen LogP contribution in [0.3, 0.4) is 0 Å². The molecule has 11 heavy (non-hydrogen) atoms. The van der Waals surface area contributed by atoms with Gasteiger partial charge in [-0.3, -0.25) is 0 Å². The van der Waals surface area contributed by atoms with Gasteiger partial charge in [-0.15, -0.1) is 5.10 Å². The normalized spacial score (nSPS) is 10.6. The Kier molecular flexibility index (Phi) is 1.41. The predicted octanol–water partition coefficient (Wildman–Crippen LogP) is 0.668. The van der Waals surface area contributed by atoms with Crippen molar-refractivity contribution in [1.29, 1.82) is 0 Å². The van der Waals surface area contributed by atoms with Gasteiger partial charge in [-0.1, -0.05) is 4.85 Å². The molecule has 0 aliphatic heterocycles. The Hall–Kier alpha value is -0.920. The van der Waals surface area contributed by atoms with E-state index in [1.54, 1.807) is 6.20 Å². The number of aromatic nitrogens is 4. The zero-order valence-electron chi connectivity index (χ0n) is 5.27. The third kappa shape index (κ3) is 0.934. The summed E-state index contributed by atoms with van der Waals surface area (Å²) in [5.41, 5.74) is 0.435. The van der Waals surface area contributed by atoms with E-state index in [4.69, 9.17) is 5.21 Å². The minimum absolute atomic E-state index is 0.435. The second-order valence-corrected chi connectivity index (χ2v) is 2.96. The third-order valence-corrected chi connectivity index (χ3v) is 2.08. The highest BCUT2D eigenvalue weighted by Crippen LogP contribution is 2.14. The maximum Gasteiger partial charge on any atom is 0.202 e. The molecule has 5 nitrogen and oxygen atoms in total. The smallest absolute Gasteiger partial charge is 0.202 e. The molecule has 0 saturated carbocycles. The monoisotopic (exact) mass is 262 g/mol. The van der Waals surface area contributed by atoms with Crippen molar-refractivity contribution >= 4 is 33.6 Å². The number of halogens is 1. The van der Waals surface area contributed by atoms with E-state index in [1.165, 1.54) is 6.33 Å². The molecule has 2 heterocycles. The maximum absolute atomic E-state index is 9.10. The largest absolute Gasteiger partial charge is 0.410 e. The topological polar surface area (TPSA) is 63.8 Å². The molecular formula is C5H3IN4O. The molecule has 2 aromatic rings. The van der Waals surface area contributed by atoms with Crippen LogP contribution in [0.4, 0.5) is 0 Å². The van der Waals surface area contributed by atoms with Crippen molar-refractivity contribution in [1.82, 2.24) is 19.9 Å². The Morgan fingerprint density at radius 1 is 1.55 bits per heavy atom. The molecule has 0 unspecified atom stereocenters. The van der Waals surface area contributed by atoms with Gasteiger partial charge in [0.2, 0.25) is 5.65 Å². The van der Waals surface area contributed by atoms with E-state index >= 15 is 0 Å². The fourth-order valence-corrected chi connectivity index (χ4v) is 1.40. The number of nitrogens with zero attached hydrogens (tertiary/aromatic N) is 4. The van der Waals surface area contributed by atoms with Crippen molar-refractivity contribution in [3.05, 3.63) is 16.2 Å². The average molecular weight is 262 g/mol. The van der Waals surface area contributed by atoms with Crippen LogP contribution < -0.4 is 0 Å². The van der Waals surface area contributed by atoms with Crippen LogP contribution in [-0.4, -0.2) is 25.1 Å². The van der Waals surface area contributed by atoms with Gasteiger partial charge in [0.25, 0.3) is 0 Å². The van der Waals surface area contributed by atoms with Gasteiger partial charge in [0, 0.05) is 6.20 Å². The molecule has 1 N–H and O–H groups in total. The maximum atomic E-state index is 9.10. The molecule has 0 radical (unpaired) electrons. The van der Waals surface area contributed by atoms with Gasteiger partial charge in [-0.05, 0) is 22.6 Å². The third-order valence-electron chi connectivity index (χ3n) is 1.29. The molecule has 6 heteroatoms. The quantitative estimate of drug-likeness (QED) is 0.559. The summed E-state index contributed by atoms with van der Waals surface area (Å²) in [4.78, 5) is 8.39. The van der Waals surface area contributed by atoms with Gasteiger partial charge >= 0.3 is 0 Å². The second kappa shape index (κ2) is 2.29.